The van der Waals surface area contributed by atoms with Crippen molar-refractivity contribution in [3.8, 4) is 11.4 Å². The number of fused-ring (bicyclic) bond motifs is 1. The summed E-state index contributed by atoms with van der Waals surface area (Å²) in [4.78, 5) is 10.6. The number of aromatic amines is 1. The molecule has 0 unspecified atom stereocenters. The molecule has 0 fully saturated rings. The van der Waals surface area contributed by atoms with Crippen LogP contribution >= 0.6 is 0 Å². The fourth-order valence-corrected chi connectivity index (χ4v) is 4.53. The molecule has 0 spiro atoms. The Morgan fingerprint density at radius 3 is 2.36 bits per heavy atom. The highest BCUT2D eigenvalue weighted by Gasteiger charge is 2.16. The van der Waals surface area contributed by atoms with Gasteiger partial charge >= 0.3 is 0 Å². The van der Waals surface area contributed by atoms with E-state index in [-0.39, 0.29) is 0 Å². The number of hydrogen-bond acceptors (Lipinski definition) is 2. The van der Waals surface area contributed by atoms with Gasteiger partial charge in [-0.15, -0.1) is 0 Å². The van der Waals surface area contributed by atoms with Crippen LogP contribution in [-0.4, -0.2) is 19.4 Å². The molecule has 3 aromatic carbocycles. The molecule has 4 nitrogen and oxygen atoms in total. The molecule has 0 radical (unpaired) electrons. The summed E-state index contributed by atoms with van der Waals surface area (Å²) >= 11 is 0. The van der Waals surface area contributed by atoms with E-state index in [1.807, 2.05) is 6.20 Å². The normalized spacial score (nSPS) is 11.5. The molecule has 4 heteroatoms. The molecular formula is C29H30N4. The Morgan fingerprint density at radius 2 is 1.58 bits per heavy atom. The third-order valence-electron chi connectivity index (χ3n) is 6.08. The maximum absolute atomic E-state index is 4.84. The van der Waals surface area contributed by atoms with Crippen LogP contribution in [0.25, 0.3) is 22.3 Å². The topological polar surface area (TPSA) is 36.9 Å². The van der Waals surface area contributed by atoms with E-state index in [0.717, 1.165) is 38.4 Å². The Labute approximate surface area is 195 Å². The smallest absolute Gasteiger partial charge is 0.140 e. The van der Waals surface area contributed by atoms with Crippen molar-refractivity contribution >= 4 is 10.9 Å². The third-order valence-corrected chi connectivity index (χ3v) is 6.08. The van der Waals surface area contributed by atoms with Gasteiger partial charge in [0, 0.05) is 43.5 Å². The van der Waals surface area contributed by atoms with E-state index in [1.165, 1.54) is 33.3 Å². The standard InChI is InChI=1S/C29H30N4/c1-2-17-33-27(19-31-29(33)25-11-7-4-8-12-25)22-32(20-23-9-5-3-6-10-23)21-24-13-14-28-26(18-24)15-16-30-28/h3-16,18-19,30H,2,17,20-22H2,1H3. The number of imidazole rings is 1. The van der Waals surface area contributed by atoms with Gasteiger partial charge < -0.3 is 9.55 Å². The summed E-state index contributed by atoms with van der Waals surface area (Å²) in [6.07, 6.45) is 5.14. The molecule has 0 saturated heterocycles. The number of nitrogens with zero attached hydrogens (tertiary/aromatic N) is 3. The maximum atomic E-state index is 4.84. The van der Waals surface area contributed by atoms with E-state index < -0.39 is 0 Å². The number of rotatable bonds is 9. The lowest BCUT2D eigenvalue weighted by atomic mass is 10.1. The highest BCUT2D eigenvalue weighted by Crippen LogP contribution is 2.23. The molecule has 0 atom stereocenters. The van der Waals surface area contributed by atoms with Crippen LogP contribution in [0.1, 0.15) is 30.2 Å². The molecular weight excluding hydrogens is 404 g/mol. The van der Waals surface area contributed by atoms with E-state index in [9.17, 15) is 0 Å². The van der Waals surface area contributed by atoms with Gasteiger partial charge in [-0.25, -0.2) is 4.98 Å². The zero-order chi connectivity index (χ0) is 22.5. The lowest BCUT2D eigenvalue weighted by Gasteiger charge is -2.24. The molecule has 0 bridgehead atoms. The fraction of sp³-hybridized carbons (Fsp3) is 0.207. The minimum atomic E-state index is 0.847. The van der Waals surface area contributed by atoms with Gasteiger partial charge in [-0.05, 0) is 41.1 Å². The molecule has 2 heterocycles. The molecule has 2 aromatic heterocycles. The maximum Gasteiger partial charge on any atom is 0.140 e. The molecule has 0 aliphatic heterocycles. The number of aromatic nitrogens is 3. The number of benzene rings is 3. The number of nitrogens with one attached hydrogen (secondary N) is 1. The van der Waals surface area contributed by atoms with Crippen molar-refractivity contribution in [1.29, 1.82) is 0 Å². The lowest BCUT2D eigenvalue weighted by molar-refractivity contribution is 0.241. The quantitative estimate of drug-likeness (QED) is 0.282. The van der Waals surface area contributed by atoms with Gasteiger partial charge in [-0.1, -0.05) is 73.7 Å². The minimum Gasteiger partial charge on any atom is -0.361 e. The van der Waals surface area contributed by atoms with Crippen molar-refractivity contribution < 1.29 is 0 Å². The van der Waals surface area contributed by atoms with Crippen LogP contribution < -0.4 is 0 Å². The summed E-state index contributed by atoms with van der Waals surface area (Å²) in [7, 11) is 0. The summed E-state index contributed by atoms with van der Waals surface area (Å²) in [5.74, 6) is 1.06. The van der Waals surface area contributed by atoms with Crippen LogP contribution in [0.3, 0.4) is 0 Å². The van der Waals surface area contributed by atoms with Crippen LogP contribution in [-0.2, 0) is 26.2 Å². The van der Waals surface area contributed by atoms with Gasteiger partial charge in [-0.3, -0.25) is 4.90 Å². The summed E-state index contributed by atoms with van der Waals surface area (Å²) in [6, 6.07) is 30.1. The Morgan fingerprint density at radius 1 is 0.818 bits per heavy atom. The van der Waals surface area contributed by atoms with Crippen molar-refractivity contribution in [2.75, 3.05) is 0 Å². The first-order valence-corrected chi connectivity index (χ1v) is 11.7. The van der Waals surface area contributed by atoms with Gasteiger partial charge in [0.05, 0.1) is 11.9 Å². The van der Waals surface area contributed by atoms with Gasteiger partial charge in [-0.2, -0.15) is 0 Å². The Hall–Kier alpha value is -3.63. The average Bonchev–Trinajstić information content (AvgIpc) is 3.47. The molecule has 0 aliphatic carbocycles. The molecule has 0 saturated carbocycles. The highest BCUT2D eigenvalue weighted by molar-refractivity contribution is 5.79. The van der Waals surface area contributed by atoms with Crippen molar-refractivity contribution in [2.45, 2.75) is 39.5 Å². The first-order chi connectivity index (χ1) is 16.3. The molecule has 5 rings (SSSR count). The summed E-state index contributed by atoms with van der Waals surface area (Å²) in [6.45, 7) is 5.82. The van der Waals surface area contributed by atoms with Crippen molar-refractivity contribution in [3.05, 3.63) is 114 Å². The second-order valence-corrected chi connectivity index (χ2v) is 8.62. The summed E-state index contributed by atoms with van der Waals surface area (Å²) < 4.78 is 2.39. The first-order valence-electron chi connectivity index (χ1n) is 11.7. The second kappa shape index (κ2) is 9.88. The SMILES string of the molecule is CCCn1c(CN(Cc2ccccc2)Cc2ccc3[nH]ccc3c2)cnc1-c1ccccc1. The van der Waals surface area contributed by atoms with Gasteiger partial charge in [0.25, 0.3) is 0 Å². The largest absolute Gasteiger partial charge is 0.361 e. The van der Waals surface area contributed by atoms with E-state index in [0.29, 0.717) is 0 Å². The molecule has 166 valence electrons. The van der Waals surface area contributed by atoms with Crippen LogP contribution in [0.2, 0.25) is 0 Å². The number of hydrogen-bond donors (Lipinski definition) is 1. The molecule has 0 aliphatic rings. The van der Waals surface area contributed by atoms with Gasteiger partial charge in [0.2, 0.25) is 0 Å². The molecule has 1 N–H and O–H groups in total. The zero-order valence-electron chi connectivity index (χ0n) is 19.1. The predicted molar refractivity (Wildman–Crippen MR) is 136 cm³/mol. The van der Waals surface area contributed by atoms with Crippen LogP contribution in [0, 0.1) is 0 Å². The van der Waals surface area contributed by atoms with Gasteiger partial charge in [0.15, 0.2) is 0 Å². The third kappa shape index (κ3) is 4.91. The minimum absolute atomic E-state index is 0.847. The fourth-order valence-electron chi connectivity index (χ4n) is 4.53. The Bertz CT molecular complexity index is 1300. The monoisotopic (exact) mass is 434 g/mol. The summed E-state index contributed by atoms with van der Waals surface area (Å²) in [5, 5.41) is 1.26. The van der Waals surface area contributed by atoms with E-state index in [1.54, 1.807) is 0 Å². The van der Waals surface area contributed by atoms with E-state index >= 15 is 0 Å². The molecule has 33 heavy (non-hydrogen) atoms. The van der Waals surface area contributed by atoms with E-state index in [2.05, 4.69) is 113 Å². The zero-order valence-corrected chi connectivity index (χ0v) is 19.1. The van der Waals surface area contributed by atoms with Crippen LogP contribution in [0.5, 0.6) is 0 Å². The Kier molecular flexibility index (Phi) is 6.36. The number of H-pyrrole nitrogens is 1. The molecule has 5 aromatic rings. The van der Waals surface area contributed by atoms with Gasteiger partial charge in [0.1, 0.15) is 5.82 Å². The second-order valence-electron chi connectivity index (χ2n) is 8.62. The van der Waals surface area contributed by atoms with Crippen molar-refractivity contribution in [3.63, 3.8) is 0 Å². The first kappa shape index (κ1) is 21.2. The summed E-state index contributed by atoms with van der Waals surface area (Å²) in [5.41, 5.74) is 6.26. The van der Waals surface area contributed by atoms with Crippen molar-refractivity contribution in [1.82, 2.24) is 19.4 Å². The van der Waals surface area contributed by atoms with Crippen LogP contribution in [0.15, 0.2) is 97.3 Å². The Balaban J connectivity index is 1.45. The van der Waals surface area contributed by atoms with Crippen molar-refractivity contribution in [2.24, 2.45) is 0 Å². The average molecular weight is 435 g/mol. The highest BCUT2D eigenvalue weighted by atomic mass is 15.2. The predicted octanol–water partition coefficient (Wildman–Crippen LogP) is 6.64. The van der Waals surface area contributed by atoms with E-state index in [4.69, 9.17) is 4.98 Å². The molecule has 0 amide bonds. The van der Waals surface area contributed by atoms with Crippen LogP contribution in [0.4, 0.5) is 0 Å². The lowest BCUT2D eigenvalue weighted by Crippen LogP contribution is -2.24.